The van der Waals surface area contributed by atoms with E-state index in [2.05, 4.69) is 34.5 Å². The van der Waals surface area contributed by atoms with Gasteiger partial charge in [-0.3, -0.25) is 9.59 Å². The molecule has 1 unspecified atom stereocenters. The molecule has 1 amide bonds. The first kappa shape index (κ1) is 32.3. The molecule has 1 atom stereocenters. The van der Waals surface area contributed by atoms with Crippen LogP contribution < -0.4 is 10.2 Å². The predicted octanol–water partition coefficient (Wildman–Crippen LogP) is 3.32. The second-order valence-corrected chi connectivity index (χ2v) is 8.38. The van der Waals surface area contributed by atoms with Gasteiger partial charge in [0, 0.05) is 25.0 Å². The van der Waals surface area contributed by atoms with E-state index in [4.69, 9.17) is 17.2 Å². The molecule has 0 saturated heterocycles. The standard InChI is InChI=1S/C24H37BN4O4.OS/c1-4-20(26-3)28-23(32)19-13-11-14-21(27-19)29(18-12-15-22(30)31)17-10-8-6-5-7-9-16-24(2,25)33;1-2/h4,11,13-14,33H,3,5-10,12,15-18H2,1-2H3,(H,28,32)(H,30,31);/b20-4+;. The molecular weight excluding hydrogens is 467 g/mol. The normalized spacial score (nSPS) is 12.6. The van der Waals surface area contributed by atoms with Crippen LogP contribution in [-0.2, 0) is 17.3 Å². The van der Waals surface area contributed by atoms with Crippen LogP contribution in [0.5, 0.6) is 0 Å². The van der Waals surface area contributed by atoms with Crippen molar-refractivity contribution in [3.8, 4) is 0 Å². The number of nitrogens with zero attached hydrogens (tertiary/aromatic N) is 3. The molecule has 1 aromatic rings. The number of aliphatic carboxylic acids is 1. The monoisotopic (exact) mass is 504 g/mol. The van der Waals surface area contributed by atoms with Gasteiger partial charge in [-0.15, -0.1) is 0 Å². The minimum absolute atomic E-state index is 0.0806. The van der Waals surface area contributed by atoms with Gasteiger partial charge in [0.05, 0.1) is 0 Å². The summed E-state index contributed by atoms with van der Waals surface area (Å²) in [7, 11) is 5.58. The lowest BCUT2D eigenvalue weighted by atomic mass is 9.79. The smallest absolute Gasteiger partial charge is 0.303 e. The number of aliphatic hydroxyl groups is 1. The molecule has 1 rings (SSSR count). The Morgan fingerprint density at radius 1 is 1.17 bits per heavy atom. The average Bonchev–Trinajstić information content (AvgIpc) is 2.83. The fourth-order valence-corrected chi connectivity index (χ4v) is 3.36. The van der Waals surface area contributed by atoms with Crippen LogP contribution in [0.3, 0.4) is 0 Å². The van der Waals surface area contributed by atoms with Crippen LogP contribution in [0.15, 0.2) is 35.1 Å². The first-order chi connectivity index (χ1) is 16.7. The van der Waals surface area contributed by atoms with E-state index in [9.17, 15) is 14.7 Å². The van der Waals surface area contributed by atoms with E-state index in [0.29, 0.717) is 31.0 Å². The van der Waals surface area contributed by atoms with E-state index < -0.39 is 11.5 Å². The molecule has 0 aliphatic heterocycles. The van der Waals surface area contributed by atoms with Gasteiger partial charge in [-0.2, -0.15) is 4.21 Å². The van der Waals surface area contributed by atoms with Crippen LogP contribution in [0, 0.1) is 0 Å². The fourth-order valence-electron chi connectivity index (χ4n) is 3.36. The van der Waals surface area contributed by atoms with Crippen molar-refractivity contribution < 1.29 is 24.0 Å². The molecule has 1 heterocycles. The second kappa shape index (κ2) is 18.6. The Labute approximate surface area is 215 Å². The summed E-state index contributed by atoms with van der Waals surface area (Å²) in [4.78, 5) is 33.7. The molecule has 3 N–H and O–H groups in total. The average molecular weight is 504 g/mol. The van der Waals surface area contributed by atoms with Crippen molar-refractivity contribution in [3.05, 3.63) is 35.8 Å². The maximum absolute atomic E-state index is 12.5. The molecule has 0 fully saturated rings. The van der Waals surface area contributed by atoms with Crippen LogP contribution >= 0.6 is 0 Å². The highest BCUT2D eigenvalue weighted by Crippen LogP contribution is 2.16. The van der Waals surface area contributed by atoms with E-state index >= 15 is 0 Å². The molecule has 0 bridgehead atoms. The molecule has 2 radical (unpaired) electrons. The molecule has 0 aliphatic carbocycles. The quantitative estimate of drug-likeness (QED) is 0.167. The molecule has 11 heteroatoms. The lowest BCUT2D eigenvalue weighted by Crippen LogP contribution is -2.29. The summed E-state index contributed by atoms with van der Waals surface area (Å²) in [5.74, 6) is -0.199. The van der Waals surface area contributed by atoms with Crippen molar-refractivity contribution >= 4 is 44.8 Å². The number of hydrogen-bond donors (Lipinski definition) is 3. The van der Waals surface area contributed by atoms with Crippen molar-refractivity contribution in [2.24, 2.45) is 4.99 Å². The number of carbonyl (C=O) groups excluding carboxylic acids is 1. The third-order valence-corrected chi connectivity index (χ3v) is 5.16. The maximum Gasteiger partial charge on any atom is 0.303 e. The van der Waals surface area contributed by atoms with Crippen LogP contribution in [-0.4, -0.2) is 64.4 Å². The number of carbonyl (C=O) groups is 2. The van der Waals surface area contributed by atoms with Crippen LogP contribution in [0.2, 0.25) is 0 Å². The first-order valence-corrected chi connectivity index (χ1v) is 12.1. The number of nitrogens with one attached hydrogen (secondary N) is 1. The maximum atomic E-state index is 12.5. The number of carboxylic acids is 1. The fraction of sp³-hybridized carbons (Fsp3) is 0.583. The van der Waals surface area contributed by atoms with Crippen molar-refractivity contribution in [2.45, 2.75) is 77.1 Å². The number of rotatable bonds is 17. The Morgan fingerprint density at radius 3 is 2.34 bits per heavy atom. The van der Waals surface area contributed by atoms with Gasteiger partial charge >= 0.3 is 5.97 Å². The van der Waals surface area contributed by atoms with Gasteiger partial charge in [0.25, 0.3) is 5.91 Å². The van der Waals surface area contributed by atoms with Gasteiger partial charge in [0.2, 0.25) is 0 Å². The van der Waals surface area contributed by atoms with Crippen molar-refractivity contribution in [2.75, 3.05) is 18.0 Å². The topological polar surface area (TPSA) is 132 Å². The minimum Gasteiger partial charge on any atom is -0.481 e. The van der Waals surface area contributed by atoms with Gasteiger partial charge in [-0.25, -0.2) is 9.98 Å². The van der Waals surface area contributed by atoms with Crippen molar-refractivity contribution in [1.29, 1.82) is 0 Å². The van der Waals surface area contributed by atoms with Gasteiger partial charge < -0.3 is 20.4 Å². The summed E-state index contributed by atoms with van der Waals surface area (Å²) < 4.78 is 7.83. The van der Waals surface area contributed by atoms with E-state index in [1.54, 1.807) is 32.1 Å². The van der Waals surface area contributed by atoms with Gasteiger partial charge in [0.1, 0.15) is 25.2 Å². The highest BCUT2D eigenvalue weighted by atomic mass is 32.1. The highest BCUT2D eigenvalue weighted by molar-refractivity contribution is 7.44. The zero-order valence-corrected chi connectivity index (χ0v) is 21.6. The summed E-state index contributed by atoms with van der Waals surface area (Å²) >= 11 is 2.83. The summed E-state index contributed by atoms with van der Waals surface area (Å²) in [6.45, 7) is 8.06. The van der Waals surface area contributed by atoms with Gasteiger partial charge in [0.15, 0.2) is 12.5 Å². The Balaban J connectivity index is 0.00000562. The lowest BCUT2D eigenvalue weighted by Gasteiger charge is -2.24. The molecule has 0 spiro atoms. The number of hydrogen-bond acceptors (Lipinski definition) is 8. The van der Waals surface area contributed by atoms with E-state index in [0.717, 1.165) is 45.1 Å². The third kappa shape index (κ3) is 15.8. The number of allylic oxidation sites excluding steroid dienone is 1. The van der Waals surface area contributed by atoms with Gasteiger partial charge in [-0.05, 0) is 58.0 Å². The number of unbranched alkanes of at least 4 members (excludes halogenated alkanes) is 5. The predicted molar refractivity (Wildman–Crippen MR) is 141 cm³/mol. The molecule has 192 valence electrons. The number of aliphatic imine (C=N–C) groups is 1. The van der Waals surface area contributed by atoms with Crippen molar-refractivity contribution in [3.63, 3.8) is 0 Å². The lowest BCUT2D eigenvalue weighted by molar-refractivity contribution is -0.137. The molecule has 0 aliphatic rings. The van der Waals surface area contributed by atoms with Crippen molar-refractivity contribution in [1.82, 2.24) is 10.3 Å². The van der Waals surface area contributed by atoms with Crippen LogP contribution in [0.1, 0.15) is 82.1 Å². The number of pyridine rings is 1. The summed E-state index contributed by atoms with van der Waals surface area (Å²) in [6.07, 6.45) is 8.87. The van der Waals surface area contributed by atoms with E-state index in [1.807, 2.05) is 11.0 Å². The Hall–Kier alpha value is -2.66. The Morgan fingerprint density at radius 2 is 1.77 bits per heavy atom. The molecule has 9 nitrogen and oxygen atoms in total. The summed E-state index contributed by atoms with van der Waals surface area (Å²) in [6, 6.07) is 5.23. The highest BCUT2D eigenvalue weighted by Gasteiger charge is 2.14. The number of anilines is 1. The second-order valence-electron chi connectivity index (χ2n) is 8.38. The largest absolute Gasteiger partial charge is 0.481 e. The summed E-state index contributed by atoms with van der Waals surface area (Å²) in [5.41, 5.74) is -0.833. The zero-order valence-electron chi connectivity index (χ0n) is 20.7. The summed E-state index contributed by atoms with van der Waals surface area (Å²) in [5, 5.41) is 21.2. The first-order valence-electron chi connectivity index (χ1n) is 11.7. The van der Waals surface area contributed by atoms with Crippen LogP contribution in [0.4, 0.5) is 5.82 Å². The zero-order chi connectivity index (χ0) is 26.7. The minimum atomic E-state index is -1.09. The van der Waals surface area contributed by atoms with Gasteiger partial charge in [-0.1, -0.05) is 38.2 Å². The molecule has 1 aromatic heterocycles. The molecule has 35 heavy (non-hydrogen) atoms. The molecule has 0 saturated carbocycles. The van der Waals surface area contributed by atoms with E-state index in [-0.39, 0.29) is 18.0 Å². The van der Waals surface area contributed by atoms with Crippen LogP contribution in [0.25, 0.3) is 0 Å². The van der Waals surface area contributed by atoms with E-state index in [1.165, 1.54) is 0 Å². The number of aromatic nitrogens is 1. The molecular formula is C24H37BN4O5S. The number of carboxylic acid groups (broad SMARTS) is 1. The number of amides is 1. The Bertz CT molecular complexity index is 817. The Kier molecular flexibility index (Phi) is 17.2. The SMILES string of the molecule is O=S.[B]C(C)(O)CCCCCCCCN(CCCC(=O)O)c1cccc(C(=O)N/C(=C/C)N=C)n1. The third-order valence-electron chi connectivity index (χ3n) is 5.16. The molecule has 0 aromatic carbocycles.